The number of hydrogen-bond acceptors (Lipinski definition) is 5. The van der Waals surface area contributed by atoms with Crippen LogP contribution in [0.15, 0.2) is 30.5 Å². The molecule has 1 saturated heterocycles. The lowest BCUT2D eigenvalue weighted by Crippen LogP contribution is -2.58. The highest BCUT2D eigenvalue weighted by atomic mass is 16.4. The summed E-state index contributed by atoms with van der Waals surface area (Å²) in [5.41, 5.74) is 7.89. The van der Waals surface area contributed by atoms with Crippen molar-refractivity contribution in [3.63, 3.8) is 0 Å². The van der Waals surface area contributed by atoms with Gasteiger partial charge in [0.25, 0.3) is 0 Å². The monoisotopic (exact) mass is 527 g/mol. The predicted octanol–water partition coefficient (Wildman–Crippen LogP) is 2.18. The van der Waals surface area contributed by atoms with Crippen LogP contribution in [0.1, 0.15) is 58.9 Å². The van der Waals surface area contributed by atoms with Crippen LogP contribution in [-0.2, 0) is 25.6 Å². The van der Waals surface area contributed by atoms with E-state index in [9.17, 15) is 24.3 Å². The molecule has 2 aromatic rings. The third kappa shape index (κ3) is 6.53. The Kier molecular flexibility index (Phi) is 9.90. The maximum atomic E-state index is 13.5. The molecule has 3 amide bonds. The molecule has 1 aromatic heterocycles. The van der Waals surface area contributed by atoms with Crippen molar-refractivity contribution in [3.05, 3.63) is 36.0 Å². The largest absolute Gasteiger partial charge is 0.480 e. The summed E-state index contributed by atoms with van der Waals surface area (Å²) < 4.78 is 0. The summed E-state index contributed by atoms with van der Waals surface area (Å²) in [7, 11) is 0. The number of nitrogens with zero attached hydrogens (tertiary/aromatic N) is 1. The molecular formula is C28H41N5O5. The number of carboxylic acid groups (broad SMARTS) is 1. The number of aromatic nitrogens is 1. The standard InChI is InChI=1S/C28H41N5O5/c1-5-16(3)23(29)27(36)33-13-9-12-22(33)26(35)31-21(25(34)32-24(28(37)38)17(4)6-2)14-18-15-30-20-11-8-7-10-19(18)20/h7-8,10-11,15-17,21-24,30H,5-6,9,12-14,29H2,1-4H3,(H,31,35)(H,32,34)(H,37,38). The van der Waals surface area contributed by atoms with Crippen LogP contribution in [0.3, 0.4) is 0 Å². The van der Waals surface area contributed by atoms with E-state index in [-0.39, 0.29) is 24.2 Å². The minimum atomic E-state index is -1.13. The normalized spacial score (nSPS) is 19.4. The number of aliphatic carboxylic acids is 1. The smallest absolute Gasteiger partial charge is 0.326 e. The molecule has 2 heterocycles. The first-order chi connectivity index (χ1) is 18.1. The van der Waals surface area contributed by atoms with Crippen molar-refractivity contribution in [2.24, 2.45) is 17.6 Å². The summed E-state index contributed by atoms with van der Waals surface area (Å²) in [6.07, 6.45) is 4.37. The van der Waals surface area contributed by atoms with Crippen LogP contribution in [0.25, 0.3) is 10.9 Å². The van der Waals surface area contributed by atoms with Gasteiger partial charge in [0.05, 0.1) is 6.04 Å². The second kappa shape index (κ2) is 12.9. The molecule has 0 radical (unpaired) electrons. The average Bonchev–Trinajstić information content (AvgIpc) is 3.57. The molecule has 0 spiro atoms. The quantitative estimate of drug-likeness (QED) is 0.285. The molecule has 3 rings (SSSR count). The van der Waals surface area contributed by atoms with Gasteiger partial charge in [0, 0.05) is 30.1 Å². The second-order valence-corrected chi connectivity index (χ2v) is 10.4. The molecule has 0 bridgehead atoms. The van der Waals surface area contributed by atoms with Crippen LogP contribution in [0.5, 0.6) is 0 Å². The van der Waals surface area contributed by atoms with Gasteiger partial charge in [-0.25, -0.2) is 4.79 Å². The summed E-state index contributed by atoms with van der Waals surface area (Å²) in [6, 6.07) is 4.06. The lowest BCUT2D eigenvalue weighted by molar-refractivity contribution is -0.144. The molecule has 10 nitrogen and oxygen atoms in total. The highest BCUT2D eigenvalue weighted by Crippen LogP contribution is 2.22. The number of fused-ring (bicyclic) bond motifs is 1. The van der Waals surface area contributed by atoms with E-state index in [1.807, 2.05) is 45.0 Å². The number of nitrogens with two attached hydrogens (primary N) is 1. The van der Waals surface area contributed by atoms with Gasteiger partial charge in [-0.3, -0.25) is 14.4 Å². The Morgan fingerprint density at radius 1 is 1.11 bits per heavy atom. The SMILES string of the molecule is CCC(C)C(N)C(=O)N1CCCC1C(=O)NC(Cc1c[nH]c2ccccc12)C(=O)NC(C(=O)O)C(C)CC. The molecule has 0 saturated carbocycles. The van der Waals surface area contributed by atoms with Crippen molar-refractivity contribution in [2.75, 3.05) is 6.54 Å². The average molecular weight is 528 g/mol. The number of rotatable bonds is 12. The number of hydrogen-bond donors (Lipinski definition) is 5. The Hall–Kier alpha value is -3.40. The number of carbonyl (C=O) groups excluding carboxylic acids is 3. The number of amides is 3. The van der Waals surface area contributed by atoms with Gasteiger partial charge in [-0.15, -0.1) is 0 Å². The zero-order chi connectivity index (χ0) is 28.0. The van der Waals surface area contributed by atoms with Crippen molar-refractivity contribution in [2.45, 2.75) is 84.0 Å². The molecule has 6 atom stereocenters. The molecule has 0 aliphatic carbocycles. The Morgan fingerprint density at radius 2 is 1.79 bits per heavy atom. The fourth-order valence-electron chi connectivity index (χ4n) is 4.93. The molecule has 1 aromatic carbocycles. The third-order valence-corrected chi connectivity index (χ3v) is 7.89. The van der Waals surface area contributed by atoms with Crippen molar-refractivity contribution < 1.29 is 24.3 Å². The van der Waals surface area contributed by atoms with Crippen molar-refractivity contribution in [3.8, 4) is 0 Å². The van der Waals surface area contributed by atoms with Gasteiger partial charge < -0.3 is 31.4 Å². The number of para-hydroxylation sites is 1. The Labute approximate surface area is 223 Å². The van der Waals surface area contributed by atoms with E-state index in [0.717, 1.165) is 22.9 Å². The van der Waals surface area contributed by atoms with E-state index in [0.29, 0.717) is 25.8 Å². The van der Waals surface area contributed by atoms with Crippen LogP contribution >= 0.6 is 0 Å². The highest BCUT2D eigenvalue weighted by Gasteiger charge is 2.39. The Bertz CT molecular complexity index is 1150. The van der Waals surface area contributed by atoms with E-state index < -0.39 is 42.0 Å². The van der Waals surface area contributed by atoms with E-state index in [1.54, 1.807) is 13.1 Å². The zero-order valence-corrected chi connectivity index (χ0v) is 22.7. The van der Waals surface area contributed by atoms with Crippen molar-refractivity contribution in [1.82, 2.24) is 20.5 Å². The summed E-state index contributed by atoms with van der Waals surface area (Å²) >= 11 is 0. The summed E-state index contributed by atoms with van der Waals surface area (Å²) in [6.45, 7) is 7.91. The lowest BCUT2D eigenvalue weighted by atomic mass is 9.97. The van der Waals surface area contributed by atoms with Gasteiger partial charge >= 0.3 is 5.97 Å². The molecular weight excluding hydrogens is 486 g/mol. The third-order valence-electron chi connectivity index (χ3n) is 7.89. The molecule has 6 unspecified atom stereocenters. The number of H-pyrrole nitrogens is 1. The number of carboxylic acids is 1. The lowest BCUT2D eigenvalue weighted by Gasteiger charge is -2.30. The number of aromatic amines is 1. The molecule has 1 aliphatic rings. The maximum absolute atomic E-state index is 13.5. The fourth-order valence-corrected chi connectivity index (χ4v) is 4.93. The molecule has 10 heteroatoms. The van der Waals surface area contributed by atoms with Crippen LogP contribution in [0.4, 0.5) is 0 Å². The summed E-state index contributed by atoms with van der Waals surface area (Å²) in [5.74, 6) is -2.74. The minimum Gasteiger partial charge on any atom is -0.480 e. The van der Waals surface area contributed by atoms with Gasteiger partial charge in [0.1, 0.15) is 18.1 Å². The number of carbonyl (C=O) groups is 4. The topological polar surface area (TPSA) is 158 Å². The van der Waals surface area contributed by atoms with Crippen LogP contribution in [0, 0.1) is 11.8 Å². The Balaban J connectivity index is 1.85. The number of likely N-dealkylation sites (tertiary alicyclic amines) is 1. The maximum Gasteiger partial charge on any atom is 0.326 e. The number of benzene rings is 1. The Morgan fingerprint density at radius 3 is 2.45 bits per heavy atom. The first kappa shape index (κ1) is 29.2. The first-order valence-corrected chi connectivity index (χ1v) is 13.5. The fraction of sp³-hybridized carbons (Fsp3) is 0.571. The summed E-state index contributed by atoms with van der Waals surface area (Å²) in [5, 5.41) is 16.1. The van der Waals surface area contributed by atoms with Crippen molar-refractivity contribution >= 4 is 34.6 Å². The zero-order valence-electron chi connectivity index (χ0n) is 22.7. The predicted molar refractivity (Wildman–Crippen MR) is 145 cm³/mol. The number of nitrogens with one attached hydrogen (secondary N) is 3. The van der Waals surface area contributed by atoms with Crippen LogP contribution in [0.2, 0.25) is 0 Å². The van der Waals surface area contributed by atoms with E-state index >= 15 is 0 Å². The van der Waals surface area contributed by atoms with Crippen molar-refractivity contribution in [1.29, 1.82) is 0 Å². The highest BCUT2D eigenvalue weighted by molar-refractivity contribution is 5.95. The van der Waals surface area contributed by atoms with Crippen LogP contribution < -0.4 is 16.4 Å². The first-order valence-electron chi connectivity index (χ1n) is 13.5. The van der Waals surface area contributed by atoms with Gasteiger partial charge in [-0.05, 0) is 36.3 Å². The molecule has 38 heavy (non-hydrogen) atoms. The van der Waals surface area contributed by atoms with Gasteiger partial charge in [-0.2, -0.15) is 0 Å². The van der Waals surface area contributed by atoms with E-state index in [2.05, 4.69) is 15.6 Å². The van der Waals surface area contributed by atoms with Gasteiger partial charge in [-0.1, -0.05) is 58.7 Å². The van der Waals surface area contributed by atoms with Crippen LogP contribution in [-0.4, -0.2) is 69.4 Å². The molecule has 1 fully saturated rings. The molecule has 1 aliphatic heterocycles. The van der Waals surface area contributed by atoms with Gasteiger partial charge in [0.2, 0.25) is 17.7 Å². The molecule has 208 valence electrons. The van der Waals surface area contributed by atoms with E-state index in [4.69, 9.17) is 5.73 Å². The molecule has 6 N–H and O–H groups in total. The summed E-state index contributed by atoms with van der Waals surface area (Å²) in [4.78, 5) is 56.6. The van der Waals surface area contributed by atoms with E-state index in [1.165, 1.54) is 4.90 Å². The second-order valence-electron chi connectivity index (χ2n) is 10.4. The van der Waals surface area contributed by atoms with Gasteiger partial charge in [0.15, 0.2) is 0 Å². The minimum absolute atomic E-state index is 0.0271.